The van der Waals surface area contributed by atoms with Crippen LogP contribution < -0.4 is 5.32 Å². The van der Waals surface area contributed by atoms with Crippen molar-refractivity contribution < 1.29 is 4.79 Å². The lowest BCUT2D eigenvalue weighted by Gasteiger charge is -2.20. The lowest BCUT2D eigenvalue weighted by molar-refractivity contribution is -0.121. The molecular weight excluding hydrogens is 140 g/mol. The number of likely N-dealkylation sites (tertiary alicyclic amines) is 1. The normalized spacial score (nSPS) is 39.2. The summed E-state index contributed by atoms with van der Waals surface area (Å²) in [5.41, 5.74) is -0.144. The van der Waals surface area contributed by atoms with Crippen LogP contribution in [0.4, 0.5) is 0 Å². The minimum atomic E-state index is -0.144. The summed E-state index contributed by atoms with van der Waals surface area (Å²) in [5, 5.41) is 3.32. The molecule has 0 aromatic rings. The third-order valence-corrected chi connectivity index (χ3v) is 2.81. The maximum absolute atomic E-state index is 11.5. The molecule has 1 spiro atoms. The summed E-state index contributed by atoms with van der Waals surface area (Å²) in [6.45, 7) is 2.84. The van der Waals surface area contributed by atoms with Crippen molar-refractivity contribution in [2.24, 2.45) is 0 Å². The average Bonchev–Trinajstić information content (AvgIpc) is 2.46. The lowest BCUT2D eigenvalue weighted by atomic mass is 9.95. The molecule has 2 fully saturated rings. The van der Waals surface area contributed by atoms with Crippen molar-refractivity contribution in [1.29, 1.82) is 0 Å². The number of nitrogens with one attached hydrogen (secondary N) is 1. The number of Topliss-reactive ketones (excluding diaryl/α,β-unsaturated/α-hetero) is 1. The van der Waals surface area contributed by atoms with E-state index in [9.17, 15) is 4.79 Å². The maximum atomic E-state index is 11.5. The van der Waals surface area contributed by atoms with Crippen molar-refractivity contribution in [2.75, 3.05) is 26.7 Å². The second kappa shape index (κ2) is 2.29. The molecule has 2 aliphatic heterocycles. The number of hydrogen-bond donors (Lipinski definition) is 1. The van der Waals surface area contributed by atoms with Crippen LogP contribution in [-0.2, 0) is 4.79 Å². The van der Waals surface area contributed by atoms with Crippen molar-refractivity contribution in [3.63, 3.8) is 0 Å². The van der Waals surface area contributed by atoms with Gasteiger partial charge in [-0.15, -0.1) is 0 Å². The fourth-order valence-electron chi connectivity index (χ4n) is 2.13. The summed E-state index contributed by atoms with van der Waals surface area (Å²) in [7, 11) is 2.07. The first-order chi connectivity index (χ1) is 5.23. The number of carbonyl (C=O) groups is 1. The van der Waals surface area contributed by atoms with E-state index in [0.717, 1.165) is 32.5 Å². The smallest absolute Gasteiger partial charge is 0.155 e. The van der Waals surface area contributed by atoms with Gasteiger partial charge >= 0.3 is 0 Å². The van der Waals surface area contributed by atoms with Crippen LogP contribution in [0.3, 0.4) is 0 Å². The number of rotatable bonds is 0. The summed E-state index contributed by atoms with van der Waals surface area (Å²) < 4.78 is 0. The van der Waals surface area contributed by atoms with Gasteiger partial charge in [-0.1, -0.05) is 0 Å². The summed E-state index contributed by atoms with van der Waals surface area (Å²) in [4.78, 5) is 13.7. The molecule has 0 bridgehead atoms. The molecule has 0 amide bonds. The topological polar surface area (TPSA) is 32.3 Å². The largest absolute Gasteiger partial charge is 0.304 e. The molecule has 2 saturated heterocycles. The van der Waals surface area contributed by atoms with Gasteiger partial charge in [0.15, 0.2) is 5.78 Å². The van der Waals surface area contributed by atoms with E-state index in [2.05, 4.69) is 17.3 Å². The van der Waals surface area contributed by atoms with Gasteiger partial charge in [0.2, 0.25) is 0 Å². The zero-order chi connectivity index (χ0) is 7.90. The molecule has 3 nitrogen and oxygen atoms in total. The Hall–Kier alpha value is -0.410. The quantitative estimate of drug-likeness (QED) is 0.516. The highest BCUT2D eigenvalue weighted by atomic mass is 16.1. The van der Waals surface area contributed by atoms with E-state index in [0.29, 0.717) is 5.78 Å². The zero-order valence-corrected chi connectivity index (χ0v) is 6.89. The summed E-state index contributed by atoms with van der Waals surface area (Å²) in [6.07, 6.45) is 1.73. The van der Waals surface area contributed by atoms with Crippen LogP contribution in [0, 0.1) is 0 Å². The van der Waals surface area contributed by atoms with Crippen molar-refractivity contribution in [3.8, 4) is 0 Å². The third kappa shape index (κ3) is 0.993. The first-order valence-electron chi connectivity index (χ1n) is 4.20. The molecule has 2 rings (SSSR count). The summed E-state index contributed by atoms with van der Waals surface area (Å²) in [5.74, 6) is 0.418. The highest BCUT2D eigenvalue weighted by Gasteiger charge is 2.45. The number of likely N-dealkylation sites (N-methyl/N-ethyl adjacent to an activating group) is 1. The van der Waals surface area contributed by atoms with Crippen LogP contribution in [0.2, 0.25) is 0 Å². The van der Waals surface area contributed by atoms with E-state index in [1.165, 1.54) is 0 Å². The van der Waals surface area contributed by atoms with Crippen LogP contribution >= 0.6 is 0 Å². The Morgan fingerprint density at radius 3 is 2.91 bits per heavy atom. The van der Waals surface area contributed by atoms with Gasteiger partial charge in [-0.3, -0.25) is 4.79 Å². The Bertz CT molecular complexity index is 193. The fourth-order valence-corrected chi connectivity index (χ4v) is 2.13. The standard InChI is InChI=1S/C8H14N2O/c1-10-5-3-8(6-10)7(11)2-4-9-8/h9H,2-6H2,1H3. The van der Waals surface area contributed by atoms with Crippen molar-refractivity contribution in [2.45, 2.75) is 18.4 Å². The number of hydrogen-bond acceptors (Lipinski definition) is 3. The highest BCUT2D eigenvalue weighted by molar-refractivity contribution is 5.91. The van der Waals surface area contributed by atoms with Gasteiger partial charge in [0, 0.05) is 26.1 Å². The molecule has 0 saturated carbocycles. The Labute approximate surface area is 66.8 Å². The van der Waals surface area contributed by atoms with Gasteiger partial charge in [-0.05, 0) is 13.5 Å². The van der Waals surface area contributed by atoms with Gasteiger partial charge in [-0.2, -0.15) is 0 Å². The van der Waals surface area contributed by atoms with Crippen LogP contribution in [0.1, 0.15) is 12.8 Å². The van der Waals surface area contributed by atoms with E-state index < -0.39 is 0 Å². The number of ketones is 1. The fraction of sp³-hybridized carbons (Fsp3) is 0.875. The summed E-state index contributed by atoms with van der Waals surface area (Å²) >= 11 is 0. The van der Waals surface area contributed by atoms with Gasteiger partial charge in [0.25, 0.3) is 0 Å². The Kier molecular flexibility index (Phi) is 1.51. The van der Waals surface area contributed by atoms with E-state index in [4.69, 9.17) is 0 Å². The Morgan fingerprint density at radius 2 is 2.45 bits per heavy atom. The average molecular weight is 154 g/mol. The van der Waals surface area contributed by atoms with Gasteiger partial charge in [-0.25, -0.2) is 0 Å². The predicted octanol–water partition coefficient (Wildman–Crippen LogP) is -0.377. The Balaban J connectivity index is 2.16. The van der Waals surface area contributed by atoms with E-state index in [1.807, 2.05) is 0 Å². The zero-order valence-electron chi connectivity index (χ0n) is 6.89. The summed E-state index contributed by atoms with van der Waals surface area (Å²) in [6, 6.07) is 0. The van der Waals surface area contributed by atoms with E-state index in [-0.39, 0.29) is 5.54 Å². The van der Waals surface area contributed by atoms with Crippen LogP contribution in [0.5, 0.6) is 0 Å². The first kappa shape index (κ1) is 7.25. The van der Waals surface area contributed by atoms with Crippen LogP contribution in [-0.4, -0.2) is 42.9 Å². The second-order valence-electron chi connectivity index (χ2n) is 3.67. The molecule has 2 aliphatic rings. The number of nitrogens with zero attached hydrogens (tertiary/aromatic N) is 1. The van der Waals surface area contributed by atoms with Gasteiger partial charge < -0.3 is 10.2 Å². The molecule has 0 aromatic carbocycles. The maximum Gasteiger partial charge on any atom is 0.155 e. The molecule has 11 heavy (non-hydrogen) atoms. The molecule has 3 heteroatoms. The molecule has 1 N–H and O–H groups in total. The number of carbonyl (C=O) groups excluding carboxylic acids is 1. The predicted molar refractivity (Wildman–Crippen MR) is 42.5 cm³/mol. The minimum absolute atomic E-state index is 0.144. The molecular formula is C8H14N2O. The molecule has 62 valence electrons. The molecule has 1 unspecified atom stereocenters. The Morgan fingerprint density at radius 1 is 1.64 bits per heavy atom. The SMILES string of the molecule is CN1CCC2(C1)NCCC2=O. The lowest BCUT2D eigenvalue weighted by Crippen LogP contribution is -2.47. The molecule has 0 radical (unpaired) electrons. The van der Waals surface area contributed by atoms with Gasteiger partial charge in [0.1, 0.15) is 0 Å². The van der Waals surface area contributed by atoms with Crippen LogP contribution in [0.15, 0.2) is 0 Å². The second-order valence-corrected chi connectivity index (χ2v) is 3.67. The van der Waals surface area contributed by atoms with Crippen molar-refractivity contribution in [1.82, 2.24) is 10.2 Å². The van der Waals surface area contributed by atoms with Gasteiger partial charge in [0.05, 0.1) is 5.54 Å². The monoisotopic (exact) mass is 154 g/mol. The highest BCUT2D eigenvalue weighted by Crippen LogP contribution is 2.25. The first-order valence-corrected chi connectivity index (χ1v) is 4.20. The molecule has 0 aliphatic carbocycles. The third-order valence-electron chi connectivity index (χ3n) is 2.81. The van der Waals surface area contributed by atoms with Crippen molar-refractivity contribution >= 4 is 5.78 Å². The van der Waals surface area contributed by atoms with Crippen molar-refractivity contribution in [3.05, 3.63) is 0 Å². The minimum Gasteiger partial charge on any atom is -0.304 e. The van der Waals surface area contributed by atoms with Crippen LogP contribution in [0.25, 0.3) is 0 Å². The molecule has 0 aromatic heterocycles. The molecule has 1 atom stereocenters. The van der Waals surface area contributed by atoms with E-state index >= 15 is 0 Å². The van der Waals surface area contributed by atoms with E-state index in [1.54, 1.807) is 0 Å². The molecule has 2 heterocycles.